The van der Waals surface area contributed by atoms with Crippen molar-refractivity contribution in [3.8, 4) is 0 Å². The number of nitrogens with zero attached hydrogens (tertiary/aromatic N) is 2. The Hall–Kier alpha value is -1.38. The molecular formula is C14H22N2O. The molecule has 1 aromatic rings. The molecule has 0 fully saturated rings. The van der Waals surface area contributed by atoms with Gasteiger partial charge in [-0.15, -0.1) is 0 Å². The van der Waals surface area contributed by atoms with Crippen LogP contribution in [0, 0.1) is 5.92 Å². The second kappa shape index (κ2) is 6.38. The molecule has 0 saturated carbocycles. The smallest absolute Gasteiger partial charge is 0.228 e. The maximum Gasteiger partial charge on any atom is 0.228 e. The summed E-state index contributed by atoms with van der Waals surface area (Å²) in [6.45, 7) is 9.17. The second-order valence-corrected chi connectivity index (χ2v) is 5.03. The van der Waals surface area contributed by atoms with Crippen LogP contribution in [0.2, 0.25) is 0 Å². The Kier molecular flexibility index (Phi) is 5.13. The Morgan fingerprint density at radius 1 is 1.29 bits per heavy atom. The van der Waals surface area contributed by atoms with Crippen molar-refractivity contribution in [2.75, 3.05) is 6.54 Å². The standard InChI is InChI=1S/C14H22N2O/c1-11(2)10-16(12(3)4)14(17)9-13-7-5-6-8-15-13/h5-8,11-12H,9-10H2,1-4H3. The van der Waals surface area contributed by atoms with Gasteiger partial charge in [0.1, 0.15) is 0 Å². The summed E-state index contributed by atoms with van der Waals surface area (Å²) in [7, 11) is 0. The average Bonchev–Trinajstić information content (AvgIpc) is 2.26. The summed E-state index contributed by atoms with van der Waals surface area (Å²) in [4.78, 5) is 18.3. The Balaban J connectivity index is 2.66. The predicted molar refractivity (Wildman–Crippen MR) is 69.6 cm³/mol. The van der Waals surface area contributed by atoms with E-state index in [-0.39, 0.29) is 11.9 Å². The van der Waals surface area contributed by atoms with Crippen LogP contribution in [0.3, 0.4) is 0 Å². The van der Waals surface area contributed by atoms with Crippen LogP contribution in [0.5, 0.6) is 0 Å². The van der Waals surface area contributed by atoms with E-state index >= 15 is 0 Å². The Bertz CT molecular complexity index is 346. The zero-order valence-electron chi connectivity index (χ0n) is 11.2. The van der Waals surface area contributed by atoms with Gasteiger partial charge in [0, 0.05) is 24.5 Å². The molecule has 0 atom stereocenters. The fraction of sp³-hybridized carbons (Fsp3) is 0.571. The molecule has 3 nitrogen and oxygen atoms in total. The van der Waals surface area contributed by atoms with Gasteiger partial charge in [0.15, 0.2) is 0 Å². The molecule has 1 aromatic heterocycles. The van der Waals surface area contributed by atoms with Crippen LogP contribution in [-0.2, 0) is 11.2 Å². The molecule has 1 heterocycles. The van der Waals surface area contributed by atoms with Crippen molar-refractivity contribution < 1.29 is 4.79 Å². The maximum absolute atomic E-state index is 12.2. The Morgan fingerprint density at radius 2 is 2.00 bits per heavy atom. The highest BCUT2D eigenvalue weighted by Gasteiger charge is 2.18. The Morgan fingerprint density at radius 3 is 2.47 bits per heavy atom. The lowest BCUT2D eigenvalue weighted by Crippen LogP contribution is -2.40. The van der Waals surface area contributed by atoms with E-state index in [9.17, 15) is 4.79 Å². The number of hydrogen-bond acceptors (Lipinski definition) is 2. The van der Waals surface area contributed by atoms with Crippen LogP contribution in [0.4, 0.5) is 0 Å². The second-order valence-electron chi connectivity index (χ2n) is 5.03. The minimum absolute atomic E-state index is 0.160. The summed E-state index contributed by atoms with van der Waals surface area (Å²) in [5.41, 5.74) is 0.840. The number of carbonyl (C=O) groups excluding carboxylic acids is 1. The van der Waals surface area contributed by atoms with Crippen LogP contribution >= 0.6 is 0 Å². The van der Waals surface area contributed by atoms with Gasteiger partial charge >= 0.3 is 0 Å². The molecule has 0 saturated heterocycles. The first-order valence-corrected chi connectivity index (χ1v) is 6.20. The summed E-state index contributed by atoms with van der Waals surface area (Å²) in [5.74, 6) is 0.650. The van der Waals surface area contributed by atoms with Crippen LogP contribution in [0.25, 0.3) is 0 Å². The molecule has 0 spiro atoms. The lowest BCUT2D eigenvalue weighted by Gasteiger charge is -2.28. The summed E-state index contributed by atoms with van der Waals surface area (Å²) < 4.78 is 0. The average molecular weight is 234 g/mol. The third kappa shape index (κ3) is 4.55. The largest absolute Gasteiger partial charge is 0.340 e. The normalized spacial score (nSPS) is 10.9. The number of rotatable bonds is 5. The van der Waals surface area contributed by atoms with Crippen LogP contribution in [-0.4, -0.2) is 28.4 Å². The van der Waals surface area contributed by atoms with E-state index in [4.69, 9.17) is 0 Å². The molecule has 94 valence electrons. The minimum Gasteiger partial charge on any atom is -0.340 e. The van der Waals surface area contributed by atoms with Gasteiger partial charge in [0.2, 0.25) is 5.91 Å². The molecule has 0 bridgehead atoms. The van der Waals surface area contributed by atoms with E-state index in [1.54, 1.807) is 6.20 Å². The molecule has 1 rings (SSSR count). The highest BCUT2D eigenvalue weighted by Crippen LogP contribution is 2.07. The summed E-state index contributed by atoms with van der Waals surface area (Å²) in [5, 5.41) is 0. The molecular weight excluding hydrogens is 212 g/mol. The van der Waals surface area contributed by atoms with Gasteiger partial charge in [-0.05, 0) is 31.9 Å². The zero-order chi connectivity index (χ0) is 12.8. The predicted octanol–water partition coefficient (Wildman–Crippen LogP) is 2.52. The van der Waals surface area contributed by atoms with Crippen molar-refractivity contribution in [1.82, 2.24) is 9.88 Å². The lowest BCUT2D eigenvalue weighted by atomic mass is 10.1. The molecule has 0 aliphatic rings. The number of hydrogen-bond donors (Lipinski definition) is 0. The molecule has 17 heavy (non-hydrogen) atoms. The monoisotopic (exact) mass is 234 g/mol. The van der Waals surface area contributed by atoms with Crippen molar-refractivity contribution in [2.24, 2.45) is 5.92 Å². The first-order chi connectivity index (χ1) is 8.00. The van der Waals surface area contributed by atoms with Gasteiger partial charge in [-0.25, -0.2) is 0 Å². The number of carbonyl (C=O) groups is 1. The van der Waals surface area contributed by atoms with E-state index in [2.05, 4.69) is 32.7 Å². The van der Waals surface area contributed by atoms with Gasteiger partial charge in [0.25, 0.3) is 0 Å². The fourth-order valence-electron chi connectivity index (χ4n) is 1.75. The van der Waals surface area contributed by atoms with Gasteiger partial charge in [-0.2, -0.15) is 0 Å². The minimum atomic E-state index is 0.160. The molecule has 0 aliphatic carbocycles. The first-order valence-electron chi connectivity index (χ1n) is 6.20. The first kappa shape index (κ1) is 13.7. The van der Waals surface area contributed by atoms with E-state index in [1.807, 2.05) is 23.1 Å². The highest BCUT2D eigenvalue weighted by molar-refractivity contribution is 5.78. The lowest BCUT2D eigenvalue weighted by molar-refractivity contribution is -0.132. The third-order valence-electron chi connectivity index (χ3n) is 2.56. The summed E-state index contributed by atoms with van der Waals surface area (Å²) >= 11 is 0. The van der Waals surface area contributed by atoms with E-state index < -0.39 is 0 Å². The number of pyridine rings is 1. The van der Waals surface area contributed by atoms with Crippen LogP contribution in [0.15, 0.2) is 24.4 Å². The van der Waals surface area contributed by atoms with Crippen LogP contribution in [0.1, 0.15) is 33.4 Å². The third-order valence-corrected chi connectivity index (χ3v) is 2.56. The fourth-order valence-corrected chi connectivity index (χ4v) is 1.75. The van der Waals surface area contributed by atoms with Gasteiger partial charge in [-0.3, -0.25) is 9.78 Å². The molecule has 3 heteroatoms. The van der Waals surface area contributed by atoms with Crippen LogP contribution < -0.4 is 0 Å². The van der Waals surface area contributed by atoms with Crippen molar-refractivity contribution in [1.29, 1.82) is 0 Å². The number of amides is 1. The van der Waals surface area contributed by atoms with Gasteiger partial charge in [-0.1, -0.05) is 19.9 Å². The molecule has 0 N–H and O–H groups in total. The van der Waals surface area contributed by atoms with Crippen molar-refractivity contribution in [3.63, 3.8) is 0 Å². The quantitative estimate of drug-likeness (QED) is 0.784. The summed E-state index contributed by atoms with van der Waals surface area (Å²) in [6, 6.07) is 5.92. The highest BCUT2D eigenvalue weighted by atomic mass is 16.2. The van der Waals surface area contributed by atoms with Gasteiger partial charge < -0.3 is 4.90 Å². The molecule has 0 unspecified atom stereocenters. The van der Waals surface area contributed by atoms with E-state index in [0.717, 1.165) is 12.2 Å². The van der Waals surface area contributed by atoms with Crippen molar-refractivity contribution in [2.45, 2.75) is 40.2 Å². The van der Waals surface area contributed by atoms with Gasteiger partial charge in [0.05, 0.1) is 6.42 Å². The van der Waals surface area contributed by atoms with E-state index in [0.29, 0.717) is 12.3 Å². The molecule has 0 radical (unpaired) electrons. The maximum atomic E-state index is 12.2. The topological polar surface area (TPSA) is 33.2 Å². The zero-order valence-corrected chi connectivity index (χ0v) is 11.2. The number of aromatic nitrogens is 1. The molecule has 0 aliphatic heterocycles. The van der Waals surface area contributed by atoms with Crippen molar-refractivity contribution >= 4 is 5.91 Å². The SMILES string of the molecule is CC(C)CN(C(=O)Cc1ccccn1)C(C)C. The Labute approximate surface area is 104 Å². The molecule has 1 amide bonds. The summed E-state index contributed by atoms with van der Waals surface area (Å²) in [6.07, 6.45) is 2.12. The molecule has 0 aromatic carbocycles. The van der Waals surface area contributed by atoms with Crippen molar-refractivity contribution in [3.05, 3.63) is 30.1 Å². The van der Waals surface area contributed by atoms with E-state index in [1.165, 1.54) is 0 Å².